The van der Waals surface area contributed by atoms with Gasteiger partial charge >= 0.3 is 0 Å². The molecule has 1 unspecified atom stereocenters. The van der Waals surface area contributed by atoms with Crippen molar-refractivity contribution in [1.82, 2.24) is 24.6 Å². The third-order valence-electron chi connectivity index (χ3n) is 7.63. The number of piperidine rings is 1. The molecule has 3 N–H and O–H groups in total. The smallest absolute Gasteiger partial charge is 0.255 e. The molecule has 1 aliphatic carbocycles. The maximum absolute atomic E-state index is 13.2. The molecule has 6 rings (SSSR count). The number of hydrogen-bond donors (Lipinski definition) is 2. The summed E-state index contributed by atoms with van der Waals surface area (Å²) in [6.45, 7) is 10.5. The van der Waals surface area contributed by atoms with E-state index in [1.165, 1.54) is 6.33 Å². The van der Waals surface area contributed by atoms with Crippen LogP contribution in [0.15, 0.2) is 66.6 Å². The lowest BCUT2D eigenvalue weighted by molar-refractivity contribution is -0.128. The summed E-state index contributed by atoms with van der Waals surface area (Å²) in [5.74, 6) is 0.267. The summed E-state index contributed by atoms with van der Waals surface area (Å²) >= 11 is 0. The summed E-state index contributed by atoms with van der Waals surface area (Å²) in [5, 5.41) is 8.51. The summed E-state index contributed by atoms with van der Waals surface area (Å²) in [7, 11) is 0. The summed E-state index contributed by atoms with van der Waals surface area (Å²) in [4.78, 5) is 39.8. The van der Waals surface area contributed by atoms with E-state index in [-0.39, 0.29) is 23.6 Å². The molecule has 2 amide bonds. The fourth-order valence-corrected chi connectivity index (χ4v) is 5.22. The van der Waals surface area contributed by atoms with Crippen LogP contribution in [0.1, 0.15) is 47.6 Å². The fourth-order valence-electron chi connectivity index (χ4n) is 5.22. The number of allylic oxidation sites excluding steroid dienone is 1. The Balaban J connectivity index is 1.27. The van der Waals surface area contributed by atoms with Crippen molar-refractivity contribution in [2.75, 3.05) is 24.1 Å². The third kappa shape index (κ3) is 5.39. The number of aryl methyl sites for hydroxylation is 1. The molecule has 2 aliphatic rings. The number of carbonyl (C=O) groups excluding carboxylic acids is 2. The molecule has 0 spiro atoms. The Bertz CT molecular complexity index is 1700. The van der Waals surface area contributed by atoms with E-state index >= 15 is 0 Å². The first-order valence-electron chi connectivity index (χ1n) is 13.8. The first-order chi connectivity index (χ1) is 19.9. The number of likely N-dealkylation sites (tertiary alicyclic amines) is 1. The van der Waals surface area contributed by atoms with Crippen molar-refractivity contribution in [3.8, 4) is 11.3 Å². The summed E-state index contributed by atoms with van der Waals surface area (Å²) in [6.07, 6.45) is 6.92. The van der Waals surface area contributed by atoms with Crippen LogP contribution < -0.4 is 11.1 Å². The molecule has 2 fully saturated rings. The van der Waals surface area contributed by atoms with E-state index < -0.39 is 0 Å². The van der Waals surface area contributed by atoms with Crippen LogP contribution in [-0.4, -0.2) is 49.6 Å². The Kier molecular flexibility index (Phi) is 6.93. The van der Waals surface area contributed by atoms with E-state index in [1.54, 1.807) is 17.0 Å². The largest absolute Gasteiger partial charge is 0.383 e. The lowest BCUT2D eigenvalue weighted by Gasteiger charge is -2.33. The molecule has 0 radical (unpaired) electrons. The van der Waals surface area contributed by atoms with E-state index in [2.05, 4.69) is 20.1 Å². The van der Waals surface area contributed by atoms with Gasteiger partial charge in [-0.15, -0.1) is 0 Å². The van der Waals surface area contributed by atoms with Crippen molar-refractivity contribution in [1.29, 1.82) is 0 Å². The van der Waals surface area contributed by atoms with Crippen LogP contribution in [0.3, 0.4) is 0 Å². The molecule has 10 heteroatoms. The zero-order valence-corrected chi connectivity index (χ0v) is 22.7. The van der Waals surface area contributed by atoms with Crippen LogP contribution in [-0.2, 0) is 4.79 Å². The summed E-state index contributed by atoms with van der Waals surface area (Å²) < 4.78 is 1.84. The van der Waals surface area contributed by atoms with Gasteiger partial charge in [0.05, 0.1) is 18.0 Å². The number of carbonyl (C=O) groups is 2. The third-order valence-corrected chi connectivity index (χ3v) is 7.63. The fraction of sp³-hybridized carbons (Fsp3) is 0.290. The van der Waals surface area contributed by atoms with Gasteiger partial charge in [0.1, 0.15) is 17.8 Å². The van der Waals surface area contributed by atoms with Crippen molar-refractivity contribution in [2.45, 2.75) is 38.6 Å². The van der Waals surface area contributed by atoms with E-state index in [0.29, 0.717) is 52.8 Å². The first kappa shape index (κ1) is 26.2. The zero-order valence-electron chi connectivity index (χ0n) is 22.7. The van der Waals surface area contributed by atoms with Crippen molar-refractivity contribution in [3.63, 3.8) is 0 Å². The second-order valence-corrected chi connectivity index (χ2v) is 10.7. The maximum Gasteiger partial charge on any atom is 0.255 e. The molecule has 3 heterocycles. The lowest BCUT2D eigenvalue weighted by Crippen LogP contribution is -2.41. The van der Waals surface area contributed by atoms with Crippen molar-refractivity contribution < 1.29 is 9.59 Å². The highest BCUT2D eigenvalue weighted by atomic mass is 16.2. The maximum atomic E-state index is 13.2. The number of benzene rings is 2. The quantitative estimate of drug-likeness (QED) is 0.259. The molecule has 1 saturated heterocycles. The lowest BCUT2D eigenvalue weighted by atomic mass is 10.1. The van der Waals surface area contributed by atoms with Crippen molar-refractivity contribution >= 4 is 34.4 Å². The second kappa shape index (κ2) is 10.8. The molecule has 2 aromatic carbocycles. The predicted molar refractivity (Wildman–Crippen MR) is 157 cm³/mol. The first-order valence-corrected chi connectivity index (χ1v) is 13.8. The average Bonchev–Trinajstić information content (AvgIpc) is 3.73. The number of nitrogen functional groups attached to an aromatic ring is 1. The van der Waals surface area contributed by atoms with Crippen molar-refractivity contribution in [3.05, 3.63) is 89.2 Å². The Morgan fingerprint density at radius 2 is 1.83 bits per heavy atom. The van der Waals surface area contributed by atoms with Crippen LogP contribution in [0.25, 0.3) is 27.1 Å². The summed E-state index contributed by atoms with van der Waals surface area (Å²) in [5.41, 5.74) is 10.9. The zero-order chi connectivity index (χ0) is 28.5. The highest BCUT2D eigenvalue weighted by Crippen LogP contribution is 2.35. The molecule has 41 heavy (non-hydrogen) atoms. The summed E-state index contributed by atoms with van der Waals surface area (Å²) in [6, 6.07) is 14.7. The molecule has 1 aliphatic heterocycles. The number of anilines is 2. The standard InChI is InChI=1S/C31H30N8O2/c1-19-5-9-22(10-6-19)30(40)36-23-13-11-21(12-14-23)27-26-28(32)34-18-35-29(26)39(37-27)24-4-3-15-38(17-24)31(41)25(33-2)16-20-7-8-20/h5-6,9-14,16,18,20,24H,3-4,7-8,15,17H2,1H3,(H,36,40)(H2,32,34,35). The monoisotopic (exact) mass is 546 g/mol. The Morgan fingerprint density at radius 1 is 1.07 bits per heavy atom. The molecular formula is C31H30N8O2. The van der Waals surface area contributed by atoms with Gasteiger partial charge < -0.3 is 16.0 Å². The minimum atomic E-state index is -0.217. The van der Waals surface area contributed by atoms with Gasteiger partial charge in [0, 0.05) is 29.9 Å². The second-order valence-electron chi connectivity index (χ2n) is 10.7. The molecule has 4 aromatic rings. The van der Waals surface area contributed by atoms with Gasteiger partial charge in [-0.2, -0.15) is 5.10 Å². The molecule has 206 valence electrons. The van der Waals surface area contributed by atoms with E-state index in [4.69, 9.17) is 17.4 Å². The Hall–Kier alpha value is -5.04. The minimum absolute atomic E-state index is 0.126. The molecule has 10 nitrogen and oxygen atoms in total. The van der Waals surface area contributed by atoms with E-state index in [9.17, 15) is 9.59 Å². The van der Waals surface area contributed by atoms with Crippen LogP contribution in [0, 0.1) is 19.4 Å². The predicted octanol–water partition coefficient (Wildman–Crippen LogP) is 5.01. The molecule has 2 aromatic heterocycles. The van der Waals surface area contributed by atoms with E-state index in [1.807, 2.05) is 54.1 Å². The van der Waals surface area contributed by atoms with Gasteiger partial charge in [0.2, 0.25) is 5.70 Å². The van der Waals surface area contributed by atoms with E-state index in [0.717, 1.165) is 36.8 Å². The average molecular weight is 547 g/mol. The number of nitrogens with one attached hydrogen (secondary N) is 1. The van der Waals surface area contributed by atoms with Crippen LogP contribution in [0.2, 0.25) is 0 Å². The molecular weight excluding hydrogens is 516 g/mol. The van der Waals surface area contributed by atoms with Gasteiger partial charge in [-0.25, -0.2) is 19.5 Å². The highest BCUT2D eigenvalue weighted by molar-refractivity contribution is 6.04. The van der Waals surface area contributed by atoms with Gasteiger partial charge in [-0.1, -0.05) is 35.9 Å². The normalized spacial score (nSPS) is 17.3. The van der Waals surface area contributed by atoms with Gasteiger partial charge in [-0.05, 0) is 62.8 Å². The van der Waals surface area contributed by atoms with Gasteiger partial charge in [0.15, 0.2) is 5.65 Å². The Morgan fingerprint density at radius 3 is 2.54 bits per heavy atom. The Labute approximate surface area is 237 Å². The number of nitrogens with zero attached hydrogens (tertiary/aromatic N) is 6. The van der Waals surface area contributed by atoms with Gasteiger partial charge in [-0.3, -0.25) is 9.59 Å². The minimum Gasteiger partial charge on any atom is -0.383 e. The van der Waals surface area contributed by atoms with Crippen molar-refractivity contribution in [2.24, 2.45) is 5.92 Å². The number of aromatic nitrogens is 4. The molecule has 1 saturated carbocycles. The van der Waals surface area contributed by atoms with Crippen LogP contribution in [0.4, 0.5) is 11.5 Å². The van der Waals surface area contributed by atoms with Crippen LogP contribution >= 0.6 is 0 Å². The van der Waals surface area contributed by atoms with Crippen LogP contribution in [0.5, 0.6) is 0 Å². The number of amides is 2. The number of nitrogens with two attached hydrogens (primary N) is 1. The molecule has 1 atom stereocenters. The number of fused-ring (bicyclic) bond motifs is 1. The topological polar surface area (TPSA) is 123 Å². The number of hydrogen-bond acceptors (Lipinski definition) is 6. The highest BCUT2D eigenvalue weighted by Gasteiger charge is 2.31. The SMILES string of the molecule is [C-]#[N+]C(=CC1CC1)C(=O)N1CCCC(n2nc(-c3ccc(NC(=O)c4ccc(C)cc4)cc3)c3c(N)ncnc32)C1. The van der Waals surface area contributed by atoms with Gasteiger partial charge in [0.25, 0.3) is 11.8 Å². The number of rotatable bonds is 6. The molecule has 0 bridgehead atoms.